The number of halogens is 1. The fraction of sp³-hybridized carbons (Fsp3) is 0.333. The van der Waals surface area contributed by atoms with Crippen LogP contribution in [0.5, 0.6) is 5.75 Å². The van der Waals surface area contributed by atoms with E-state index in [0.29, 0.717) is 34.7 Å². The van der Waals surface area contributed by atoms with E-state index in [2.05, 4.69) is 4.98 Å². The molecule has 6 heteroatoms. The number of hydrogen-bond donors (Lipinski definition) is 1. The molecule has 1 unspecified atom stereocenters. The molecule has 2 N–H and O–H groups in total. The molecule has 0 radical (unpaired) electrons. The van der Waals surface area contributed by atoms with Crippen molar-refractivity contribution in [2.45, 2.75) is 26.9 Å². The third-order valence-corrected chi connectivity index (χ3v) is 4.14. The van der Waals surface area contributed by atoms with E-state index in [1.54, 1.807) is 37.3 Å². The van der Waals surface area contributed by atoms with E-state index < -0.39 is 23.6 Å². The Balaban J connectivity index is 2.04. The Labute approximate surface area is 139 Å². The van der Waals surface area contributed by atoms with Gasteiger partial charge in [0, 0.05) is 22.2 Å². The maximum Gasteiger partial charge on any atom is 0.405 e. The number of primary amides is 1. The Kier molecular flexibility index (Phi) is 3.91. The molecule has 0 saturated heterocycles. The Hall–Kier alpha value is -2.63. The van der Waals surface area contributed by atoms with E-state index in [1.807, 2.05) is 13.8 Å². The predicted molar refractivity (Wildman–Crippen MR) is 87.1 cm³/mol. The molecule has 126 valence electrons. The summed E-state index contributed by atoms with van der Waals surface area (Å²) in [5.74, 6) is 0.0223. The summed E-state index contributed by atoms with van der Waals surface area (Å²) in [6, 6.07) is 8.70. The lowest BCUT2D eigenvalue weighted by Crippen LogP contribution is -2.37. The molecule has 1 amide bonds. The van der Waals surface area contributed by atoms with Crippen molar-refractivity contribution in [2.75, 3.05) is 6.61 Å². The van der Waals surface area contributed by atoms with Crippen LogP contribution in [-0.4, -0.2) is 17.7 Å². The second-order valence-corrected chi connectivity index (χ2v) is 6.64. The number of nitrogens with two attached hydrogens (primary N) is 1. The van der Waals surface area contributed by atoms with Gasteiger partial charge in [-0.2, -0.15) is 4.39 Å². The normalized spacial score (nSPS) is 18.4. The van der Waals surface area contributed by atoms with Crippen molar-refractivity contribution in [3.05, 3.63) is 47.5 Å². The van der Waals surface area contributed by atoms with Gasteiger partial charge in [0.1, 0.15) is 11.9 Å². The molecule has 2 heterocycles. The number of aryl methyl sites for hydroxylation is 1. The first-order chi connectivity index (χ1) is 11.3. The third kappa shape index (κ3) is 2.91. The molecule has 0 spiro atoms. The zero-order valence-electron chi connectivity index (χ0n) is 13.8. The largest absolute Gasteiger partial charge is 0.492 e. The smallest absolute Gasteiger partial charge is 0.405 e. The Morgan fingerprint density at radius 2 is 2.12 bits per heavy atom. The van der Waals surface area contributed by atoms with Gasteiger partial charge in [0.05, 0.1) is 6.61 Å². The van der Waals surface area contributed by atoms with Gasteiger partial charge in [0.15, 0.2) is 0 Å². The van der Waals surface area contributed by atoms with Gasteiger partial charge in [-0.25, -0.2) is 9.78 Å². The summed E-state index contributed by atoms with van der Waals surface area (Å²) in [7, 11) is 0. The zero-order valence-corrected chi connectivity index (χ0v) is 13.8. The van der Waals surface area contributed by atoms with Crippen LogP contribution in [0.3, 0.4) is 0 Å². The molecule has 1 aromatic heterocycles. The second kappa shape index (κ2) is 5.78. The van der Waals surface area contributed by atoms with E-state index in [-0.39, 0.29) is 0 Å². The highest BCUT2D eigenvalue weighted by molar-refractivity contribution is 5.68. The first-order valence-corrected chi connectivity index (χ1v) is 7.64. The van der Waals surface area contributed by atoms with E-state index in [4.69, 9.17) is 15.2 Å². The molecule has 24 heavy (non-hydrogen) atoms. The first kappa shape index (κ1) is 16.2. The Morgan fingerprint density at radius 3 is 2.79 bits per heavy atom. The number of pyridine rings is 1. The summed E-state index contributed by atoms with van der Waals surface area (Å²) >= 11 is 0. The van der Waals surface area contributed by atoms with Crippen molar-refractivity contribution >= 4 is 6.09 Å². The van der Waals surface area contributed by atoms with Gasteiger partial charge in [-0.05, 0) is 30.7 Å². The predicted octanol–water partition coefficient (Wildman–Crippen LogP) is 3.75. The van der Waals surface area contributed by atoms with Gasteiger partial charge in [-0.3, -0.25) is 0 Å². The average molecular weight is 330 g/mol. The van der Waals surface area contributed by atoms with Crippen molar-refractivity contribution in [3.63, 3.8) is 0 Å². The van der Waals surface area contributed by atoms with Crippen LogP contribution >= 0.6 is 0 Å². The summed E-state index contributed by atoms with van der Waals surface area (Å²) in [5, 5.41) is 0. The minimum Gasteiger partial charge on any atom is -0.492 e. The zero-order chi connectivity index (χ0) is 17.5. The fourth-order valence-electron chi connectivity index (χ4n) is 2.88. The molecule has 1 aromatic carbocycles. The molecule has 0 bridgehead atoms. The standard InChI is InChI=1S/C18H19FN2O3/c1-10-4-6-12(16(19)21-10)11-5-7-13-14(8-11)23-9-18(2,3)15(13)24-17(20)22/h4-8,15H,9H2,1-3H3,(H2,20,22). The first-order valence-electron chi connectivity index (χ1n) is 7.64. The SMILES string of the molecule is Cc1ccc(-c2ccc3c(c2)OCC(C)(C)C3OC(N)=O)c(F)n1. The van der Waals surface area contributed by atoms with E-state index in [1.165, 1.54) is 0 Å². The molecule has 1 aliphatic heterocycles. The van der Waals surface area contributed by atoms with Crippen LogP contribution < -0.4 is 10.5 Å². The number of benzene rings is 1. The van der Waals surface area contributed by atoms with Gasteiger partial charge in [-0.15, -0.1) is 0 Å². The van der Waals surface area contributed by atoms with Crippen LogP contribution in [0.2, 0.25) is 0 Å². The second-order valence-electron chi connectivity index (χ2n) is 6.64. The van der Waals surface area contributed by atoms with Crippen LogP contribution in [-0.2, 0) is 4.74 Å². The van der Waals surface area contributed by atoms with Crippen molar-refractivity contribution < 1.29 is 18.7 Å². The molecule has 0 saturated carbocycles. The quantitative estimate of drug-likeness (QED) is 0.851. The van der Waals surface area contributed by atoms with Gasteiger partial charge in [0.25, 0.3) is 0 Å². The van der Waals surface area contributed by atoms with Crippen molar-refractivity contribution in [2.24, 2.45) is 11.1 Å². The number of nitrogens with zero attached hydrogens (tertiary/aromatic N) is 1. The fourth-order valence-corrected chi connectivity index (χ4v) is 2.88. The number of hydrogen-bond acceptors (Lipinski definition) is 4. The monoisotopic (exact) mass is 330 g/mol. The van der Waals surface area contributed by atoms with Gasteiger partial charge in [-0.1, -0.05) is 26.0 Å². The van der Waals surface area contributed by atoms with Crippen LogP contribution in [0.15, 0.2) is 30.3 Å². The highest BCUT2D eigenvalue weighted by Crippen LogP contribution is 2.46. The van der Waals surface area contributed by atoms with Crippen LogP contribution in [0.1, 0.15) is 31.2 Å². The van der Waals surface area contributed by atoms with E-state index in [9.17, 15) is 9.18 Å². The van der Waals surface area contributed by atoms with E-state index >= 15 is 0 Å². The molecule has 5 nitrogen and oxygen atoms in total. The lowest BCUT2D eigenvalue weighted by atomic mass is 9.80. The summed E-state index contributed by atoms with van der Waals surface area (Å²) in [5.41, 5.74) is 7.15. The minimum absolute atomic E-state index is 0.357. The minimum atomic E-state index is -0.834. The molecule has 0 fully saturated rings. The molecule has 0 aliphatic carbocycles. The number of ether oxygens (including phenoxy) is 2. The van der Waals surface area contributed by atoms with E-state index in [0.717, 1.165) is 0 Å². The number of aromatic nitrogens is 1. The van der Waals surface area contributed by atoms with Crippen LogP contribution in [0.4, 0.5) is 9.18 Å². The maximum atomic E-state index is 14.1. The average Bonchev–Trinajstić information content (AvgIpc) is 2.50. The number of rotatable bonds is 2. The molecular formula is C18H19FN2O3. The van der Waals surface area contributed by atoms with Crippen LogP contribution in [0, 0.1) is 18.3 Å². The molecule has 1 aliphatic rings. The number of carbonyl (C=O) groups is 1. The van der Waals surface area contributed by atoms with Gasteiger partial charge >= 0.3 is 6.09 Å². The molecule has 1 atom stereocenters. The van der Waals surface area contributed by atoms with Gasteiger partial charge in [0.2, 0.25) is 5.95 Å². The lowest BCUT2D eigenvalue weighted by molar-refractivity contribution is -0.0176. The topological polar surface area (TPSA) is 74.4 Å². The number of fused-ring (bicyclic) bond motifs is 1. The molecule has 3 rings (SSSR count). The highest BCUT2D eigenvalue weighted by atomic mass is 19.1. The van der Waals surface area contributed by atoms with Crippen molar-refractivity contribution in [3.8, 4) is 16.9 Å². The molecule has 2 aromatic rings. The summed E-state index contributed by atoms with van der Waals surface area (Å²) in [4.78, 5) is 15.1. The summed E-state index contributed by atoms with van der Waals surface area (Å²) in [6.45, 7) is 5.95. The third-order valence-electron chi connectivity index (χ3n) is 4.14. The number of amides is 1. The van der Waals surface area contributed by atoms with Crippen molar-refractivity contribution in [1.29, 1.82) is 0 Å². The Morgan fingerprint density at radius 1 is 1.38 bits per heavy atom. The number of carbonyl (C=O) groups excluding carboxylic acids is 1. The van der Waals surface area contributed by atoms with Crippen molar-refractivity contribution in [1.82, 2.24) is 4.98 Å². The Bertz CT molecular complexity index is 805. The molecular weight excluding hydrogens is 311 g/mol. The highest BCUT2D eigenvalue weighted by Gasteiger charge is 2.40. The lowest BCUT2D eigenvalue weighted by Gasteiger charge is -2.38. The summed E-state index contributed by atoms with van der Waals surface area (Å²) in [6.07, 6.45) is -1.35. The van der Waals surface area contributed by atoms with Crippen LogP contribution in [0.25, 0.3) is 11.1 Å². The van der Waals surface area contributed by atoms with Gasteiger partial charge < -0.3 is 15.2 Å². The summed E-state index contributed by atoms with van der Waals surface area (Å²) < 4.78 is 25.2. The maximum absolute atomic E-state index is 14.1.